The first kappa shape index (κ1) is 18.9. The highest BCUT2D eigenvalue weighted by atomic mass is 16.6. The van der Waals surface area contributed by atoms with Gasteiger partial charge in [0.15, 0.2) is 0 Å². The highest BCUT2D eigenvalue weighted by Crippen LogP contribution is 2.28. The van der Waals surface area contributed by atoms with Crippen LogP contribution in [0.3, 0.4) is 0 Å². The van der Waals surface area contributed by atoms with Crippen LogP contribution in [0.5, 0.6) is 5.75 Å². The van der Waals surface area contributed by atoms with E-state index in [1.165, 1.54) is 24.1 Å². The molecule has 0 unspecified atom stereocenters. The quantitative estimate of drug-likeness (QED) is 0.447. The lowest BCUT2D eigenvalue weighted by molar-refractivity contribution is -0.384. The van der Waals surface area contributed by atoms with Gasteiger partial charge in [-0.25, -0.2) is 4.79 Å². The molecule has 2 aromatic rings. The maximum absolute atomic E-state index is 12.6. The molecule has 2 rings (SSSR count). The SMILES string of the molecule is COc1ccc([N+](=O)[O-])cc1C(=O)O[C@@H](C(=O)N(C)C)c1ccccc1. The van der Waals surface area contributed by atoms with Gasteiger partial charge in [0.05, 0.1) is 12.0 Å². The lowest BCUT2D eigenvalue weighted by atomic mass is 10.1. The van der Waals surface area contributed by atoms with Gasteiger partial charge in [0, 0.05) is 31.8 Å². The van der Waals surface area contributed by atoms with Crippen LogP contribution >= 0.6 is 0 Å². The Hall–Kier alpha value is -3.42. The largest absolute Gasteiger partial charge is 0.496 e. The van der Waals surface area contributed by atoms with Gasteiger partial charge in [0.1, 0.15) is 11.3 Å². The van der Waals surface area contributed by atoms with Crippen molar-refractivity contribution in [3.8, 4) is 5.75 Å². The number of likely N-dealkylation sites (N-methyl/N-ethyl adjacent to an activating group) is 1. The average Bonchev–Trinajstić information content (AvgIpc) is 2.65. The van der Waals surface area contributed by atoms with Gasteiger partial charge in [-0.05, 0) is 6.07 Å². The Morgan fingerprint density at radius 2 is 1.77 bits per heavy atom. The molecular formula is C18H18N2O6. The summed E-state index contributed by atoms with van der Waals surface area (Å²) >= 11 is 0. The molecule has 0 spiro atoms. The van der Waals surface area contributed by atoms with E-state index in [-0.39, 0.29) is 17.0 Å². The number of carbonyl (C=O) groups excluding carboxylic acids is 2. The number of hydrogen-bond acceptors (Lipinski definition) is 6. The third-order valence-corrected chi connectivity index (χ3v) is 3.61. The fraction of sp³-hybridized carbons (Fsp3) is 0.222. The molecule has 0 aliphatic rings. The van der Waals surface area contributed by atoms with Crippen molar-refractivity contribution in [3.05, 3.63) is 69.8 Å². The molecule has 0 fully saturated rings. The smallest absolute Gasteiger partial charge is 0.343 e. The van der Waals surface area contributed by atoms with Crippen molar-refractivity contribution >= 4 is 17.6 Å². The zero-order valence-corrected chi connectivity index (χ0v) is 14.5. The molecule has 0 saturated heterocycles. The number of non-ortho nitro benzene ring substituents is 1. The summed E-state index contributed by atoms with van der Waals surface area (Å²) in [7, 11) is 4.41. The summed E-state index contributed by atoms with van der Waals surface area (Å²) in [6.45, 7) is 0. The summed E-state index contributed by atoms with van der Waals surface area (Å²) in [5.74, 6) is -1.21. The van der Waals surface area contributed by atoms with Crippen LogP contribution in [0.15, 0.2) is 48.5 Å². The number of nitrogens with zero attached hydrogens (tertiary/aromatic N) is 2. The van der Waals surface area contributed by atoms with E-state index >= 15 is 0 Å². The second-order valence-corrected chi connectivity index (χ2v) is 5.57. The molecule has 136 valence electrons. The van der Waals surface area contributed by atoms with E-state index in [1.807, 2.05) is 0 Å². The second-order valence-electron chi connectivity index (χ2n) is 5.57. The molecule has 0 aliphatic heterocycles. The van der Waals surface area contributed by atoms with Crippen LogP contribution in [-0.4, -0.2) is 42.9 Å². The standard InChI is InChI=1S/C18H18N2O6/c1-19(2)17(21)16(12-7-5-4-6-8-12)26-18(22)14-11-13(20(23)24)9-10-15(14)25-3/h4-11,16H,1-3H3/t16-/m1/s1. The molecule has 1 atom stereocenters. The minimum atomic E-state index is -1.18. The van der Waals surface area contributed by atoms with Crippen molar-refractivity contribution < 1.29 is 24.0 Å². The fourth-order valence-corrected chi connectivity index (χ4v) is 2.26. The normalized spacial score (nSPS) is 11.3. The van der Waals surface area contributed by atoms with Crippen LogP contribution < -0.4 is 4.74 Å². The van der Waals surface area contributed by atoms with Gasteiger partial charge in [-0.2, -0.15) is 0 Å². The third kappa shape index (κ3) is 4.15. The summed E-state index contributed by atoms with van der Waals surface area (Å²) in [6, 6.07) is 12.1. The zero-order chi connectivity index (χ0) is 19.3. The van der Waals surface area contributed by atoms with Crippen molar-refractivity contribution in [2.45, 2.75) is 6.10 Å². The minimum Gasteiger partial charge on any atom is -0.496 e. The molecule has 0 aromatic heterocycles. The Kier molecular flexibility index (Phi) is 5.90. The number of nitro groups is 1. The first-order chi connectivity index (χ1) is 12.3. The number of carbonyl (C=O) groups is 2. The van der Waals surface area contributed by atoms with Crippen molar-refractivity contribution in [1.29, 1.82) is 0 Å². The Bertz CT molecular complexity index is 820. The summed E-state index contributed by atoms with van der Waals surface area (Å²) in [4.78, 5) is 36.7. The van der Waals surface area contributed by atoms with Gasteiger partial charge in [-0.3, -0.25) is 14.9 Å². The summed E-state index contributed by atoms with van der Waals surface area (Å²) in [5, 5.41) is 11.0. The van der Waals surface area contributed by atoms with Crippen molar-refractivity contribution in [2.24, 2.45) is 0 Å². The minimum absolute atomic E-state index is 0.115. The molecule has 0 heterocycles. The molecule has 0 aliphatic carbocycles. The predicted octanol–water partition coefficient (Wildman–Crippen LogP) is 2.59. The molecule has 8 nitrogen and oxygen atoms in total. The molecule has 26 heavy (non-hydrogen) atoms. The van der Waals surface area contributed by atoms with Crippen molar-refractivity contribution in [2.75, 3.05) is 21.2 Å². The van der Waals surface area contributed by atoms with Crippen LogP contribution in [0.25, 0.3) is 0 Å². The topological polar surface area (TPSA) is 99.0 Å². The molecule has 0 bridgehead atoms. The van der Waals surface area contributed by atoms with Gasteiger partial charge in [-0.1, -0.05) is 30.3 Å². The number of benzene rings is 2. The average molecular weight is 358 g/mol. The maximum Gasteiger partial charge on any atom is 0.343 e. The Morgan fingerprint density at radius 1 is 1.12 bits per heavy atom. The van der Waals surface area contributed by atoms with Gasteiger partial charge < -0.3 is 14.4 Å². The fourth-order valence-electron chi connectivity index (χ4n) is 2.26. The second kappa shape index (κ2) is 8.11. The molecule has 0 saturated carbocycles. The van der Waals surface area contributed by atoms with Crippen molar-refractivity contribution in [3.63, 3.8) is 0 Å². The van der Waals surface area contributed by atoms with Gasteiger partial charge in [0.2, 0.25) is 6.10 Å². The van der Waals surface area contributed by atoms with Gasteiger partial charge in [0.25, 0.3) is 11.6 Å². The van der Waals surface area contributed by atoms with E-state index in [4.69, 9.17) is 9.47 Å². The summed E-state index contributed by atoms with van der Waals surface area (Å²) < 4.78 is 10.5. The number of hydrogen-bond donors (Lipinski definition) is 0. The highest BCUT2D eigenvalue weighted by Gasteiger charge is 2.29. The van der Waals surface area contributed by atoms with Gasteiger partial charge in [-0.15, -0.1) is 0 Å². The van der Waals surface area contributed by atoms with Crippen LogP contribution in [0.2, 0.25) is 0 Å². The number of methoxy groups -OCH3 is 1. The van der Waals surface area contributed by atoms with E-state index in [0.29, 0.717) is 5.56 Å². The lowest BCUT2D eigenvalue weighted by Crippen LogP contribution is -2.31. The van der Waals surface area contributed by atoms with E-state index in [2.05, 4.69) is 0 Å². The number of esters is 1. The third-order valence-electron chi connectivity index (χ3n) is 3.61. The van der Waals surface area contributed by atoms with E-state index < -0.39 is 22.9 Å². The monoisotopic (exact) mass is 358 g/mol. The number of ether oxygens (including phenoxy) is 2. The molecule has 0 radical (unpaired) electrons. The van der Waals surface area contributed by atoms with E-state index in [1.54, 1.807) is 44.4 Å². The molecule has 1 amide bonds. The lowest BCUT2D eigenvalue weighted by Gasteiger charge is -2.21. The summed E-state index contributed by atoms with van der Waals surface area (Å²) in [6.07, 6.45) is -1.18. The first-order valence-corrected chi connectivity index (χ1v) is 7.64. The summed E-state index contributed by atoms with van der Waals surface area (Å²) in [5.41, 5.74) is 0.0751. The van der Waals surface area contributed by atoms with Gasteiger partial charge >= 0.3 is 5.97 Å². The molecule has 8 heteroatoms. The first-order valence-electron chi connectivity index (χ1n) is 7.64. The molecular weight excluding hydrogens is 340 g/mol. The maximum atomic E-state index is 12.6. The van der Waals surface area contributed by atoms with Crippen molar-refractivity contribution in [1.82, 2.24) is 4.90 Å². The van der Waals surface area contributed by atoms with Crippen LogP contribution in [0, 0.1) is 10.1 Å². The van der Waals surface area contributed by atoms with E-state index in [9.17, 15) is 19.7 Å². The van der Waals surface area contributed by atoms with E-state index in [0.717, 1.165) is 6.07 Å². The number of nitro benzene ring substituents is 1. The predicted molar refractivity (Wildman–Crippen MR) is 92.9 cm³/mol. The zero-order valence-electron chi connectivity index (χ0n) is 14.5. The molecule has 2 aromatic carbocycles. The van der Waals surface area contributed by atoms with Crippen LogP contribution in [0.1, 0.15) is 22.0 Å². The number of amides is 1. The molecule has 0 N–H and O–H groups in total. The Labute approximate surface area is 150 Å². The highest BCUT2D eigenvalue weighted by molar-refractivity contribution is 5.95. The Morgan fingerprint density at radius 3 is 2.31 bits per heavy atom. The van der Waals surface area contributed by atoms with Crippen LogP contribution in [-0.2, 0) is 9.53 Å². The Balaban J connectivity index is 2.40. The number of rotatable bonds is 6. The van der Waals surface area contributed by atoms with Crippen LogP contribution in [0.4, 0.5) is 5.69 Å².